The molecule has 0 saturated heterocycles. The zero-order valence-corrected chi connectivity index (χ0v) is 17.7. The van der Waals surface area contributed by atoms with Crippen molar-refractivity contribution in [3.8, 4) is 16.9 Å². The zero-order chi connectivity index (χ0) is 24.5. The van der Waals surface area contributed by atoms with Gasteiger partial charge in [-0.15, -0.1) is 0 Å². The van der Waals surface area contributed by atoms with Crippen molar-refractivity contribution in [2.24, 2.45) is 17.6 Å². The summed E-state index contributed by atoms with van der Waals surface area (Å²) < 4.78 is 13.4. The van der Waals surface area contributed by atoms with Crippen LogP contribution in [0.5, 0.6) is 5.75 Å². The average Bonchev–Trinajstić information content (AvgIpc) is 2.77. The summed E-state index contributed by atoms with van der Waals surface area (Å²) in [5.74, 6) is -7.16. The number of aliphatic hydroxyl groups is 3. The topological polar surface area (TPSA) is 158 Å². The van der Waals surface area contributed by atoms with Crippen molar-refractivity contribution in [3.63, 3.8) is 0 Å². The third kappa shape index (κ3) is 2.83. The lowest BCUT2D eigenvalue weighted by atomic mass is 9.59. The van der Waals surface area contributed by atoms with E-state index in [2.05, 4.69) is 0 Å². The van der Waals surface area contributed by atoms with Crippen LogP contribution in [0.15, 0.2) is 53.3 Å². The Morgan fingerprint density at radius 3 is 2.35 bits per heavy atom. The number of nitrogens with two attached hydrogens (primary N) is 1. The quantitative estimate of drug-likeness (QED) is 0.426. The van der Waals surface area contributed by atoms with E-state index in [4.69, 9.17) is 5.73 Å². The van der Waals surface area contributed by atoms with Gasteiger partial charge in [-0.1, -0.05) is 18.2 Å². The van der Waals surface area contributed by atoms with Gasteiger partial charge >= 0.3 is 0 Å². The number of carbonyl (C=O) groups is 3. The van der Waals surface area contributed by atoms with Crippen LogP contribution in [0.3, 0.4) is 0 Å². The molecule has 3 atom stereocenters. The Kier molecular flexibility index (Phi) is 4.66. The molecule has 9 heteroatoms. The third-order valence-electron chi connectivity index (χ3n) is 7.10. The molecule has 1 amide bonds. The maximum absolute atomic E-state index is 13.5. The van der Waals surface area contributed by atoms with E-state index >= 15 is 0 Å². The van der Waals surface area contributed by atoms with Gasteiger partial charge in [0.05, 0.1) is 5.56 Å². The number of phenols is 1. The third-order valence-corrected chi connectivity index (χ3v) is 7.10. The van der Waals surface area contributed by atoms with Crippen molar-refractivity contribution in [1.29, 1.82) is 0 Å². The maximum atomic E-state index is 13.5. The molecular formula is C25H20FNO7. The molecule has 174 valence electrons. The molecule has 1 fully saturated rings. The first-order valence-corrected chi connectivity index (χ1v) is 10.6. The molecule has 0 bridgehead atoms. The Morgan fingerprint density at radius 2 is 1.71 bits per heavy atom. The standard InChI is InChI=1S/C25H20FNO7/c26-13-3-1-10(2-4-13)14-5-6-16(28)19-15(14)8-11-7-12-9-17(29)20(24(27)33)23(32)25(12,34)22(31)18(11)21(19)30/h1-6,11-12,28,30,32,34H,7-9H2,(H2,27,33). The lowest BCUT2D eigenvalue weighted by Gasteiger charge is -2.46. The molecular weight excluding hydrogens is 445 g/mol. The van der Waals surface area contributed by atoms with Crippen LogP contribution in [-0.4, -0.2) is 43.5 Å². The van der Waals surface area contributed by atoms with Gasteiger partial charge in [-0.2, -0.15) is 0 Å². The fourth-order valence-corrected chi connectivity index (χ4v) is 5.52. The molecule has 6 N–H and O–H groups in total. The number of hydrogen-bond donors (Lipinski definition) is 5. The van der Waals surface area contributed by atoms with Crippen LogP contribution in [0, 0.1) is 17.7 Å². The summed E-state index contributed by atoms with van der Waals surface area (Å²) in [4.78, 5) is 37.6. The molecule has 0 radical (unpaired) electrons. The van der Waals surface area contributed by atoms with E-state index in [9.17, 15) is 39.2 Å². The monoisotopic (exact) mass is 465 g/mol. The number of halogens is 1. The number of aromatic hydroxyl groups is 1. The van der Waals surface area contributed by atoms with Gasteiger partial charge in [-0.05, 0) is 53.6 Å². The Labute approximate surface area is 192 Å². The van der Waals surface area contributed by atoms with E-state index < -0.39 is 57.8 Å². The first-order valence-electron chi connectivity index (χ1n) is 10.6. The van der Waals surface area contributed by atoms with Gasteiger partial charge in [0.2, 0.25) is 5.78 Å². The van der Waals surface area contributed by atoms with Crippen molar-refractivity contribution in [1.82, 2.24) is 0 Å². The lowest BCUT2D eigenvalue weighted by Crippen LogP contribution is -2.58. The summed E-state index contributed by atoms with van der Waals surface area (Å²) in [5.41, 5.74) is 3.31. The Morgan fingerprint density at radius 1 is 1.03 bits per heavy atom. The second-order valence-electron chi connectivity index (χ2n) is 8.90. The zero-order valence-electron chi connectivity index (χ0n) is 17.7. The van der Waals surface area contributed by atoms with Crippen molar-refractivity contribution in [2.75, 3.05) is 0 Å². The highest BCUT2D eigenvalue weighted by Crippen LogP contribution is 2.53. The van der Waals surface area contributed by atoms with E-state index in [1.54, 1.807) is 18.2 Å². The highest BCUT2D eigenvalue weighted by molar-refractivity contribution is 6.22. The minimum absolute atomic E-state index is 0.00560. The van der Waals surface area contributed by atoms with Crippen LogP contribution < -0.4 is 5.73 Å². The number of ketones is 2. The molecule has 0 heterocycles. The molecule has 5 rings (SSSR count). The number of aliphatic hydroxyl groups excluding tert-OH is 2. The molecule has 2 aromatic rings. The van der Waals surface area contributed by atoms with Crippen LogP contribution in [0.2, 0.25) is 0 Å². The van der Waals surface area contributed by atoms with E-state index in [1.807, 2.05) is 0 Å². The summed E-state index contributed by atoms with van der Waals surface area (Å²) in [6.07, 6.45) is -0.163. The van der Waals surface area contributed by atoms with Crippen LogP contribution in [0.1, 0.15) is 24.0 Å². The number of fused-ring (bicyclic) bond motifs is 3. The van der Waals surface area contributed by atoms with E-state index in [1.165, 1.54) is 18.2 Å². The minimum Gasteiger partial charge on any atom is -0.508 e. The van der Waals surface area contributed by atoms with Crippen molar-refractivity contribution in [2.45, 2.75) is 24.9 Å². The molecule has 1 saturated carbocycles. The van der Waals surface area contributed by atoms with Gasteiger partial charge in [0.1, 0.15) is 28.7 Å². The van der Waals surface area contributed by atoms with Crippen LogP contribution in [-0.2, 0) is 20.8 Å². The first-order chi connectivity index (χ1) is 16.1. The Balaban J connectivity index is 1.70. The van der Waals surface area contributed by atoms with Crippen LogP contribution >= 0.6 is 0 Å². The first kappa shape index (κ1) is 21.8. The van der Waals surface area contributed by atoms with E-state index in [-0.39, 0.29) is 36.1 Å². The minimum atomic E-state index is -2.60. The highest BCUT2D eigenvalue weighted by Gasteiger charge is 2.60. The molecule has 2 aromatic carbocycles. The van der Waals surface area contributed by atoms with Gasteiger partial charge < -0.3 is 26.2 Å². The number of phenolic OH excluding ortho intramolecular Hbond substituents is 1. The van der Waals surface area contributed by atoms with Crippen molar-refractivity contribution < 1.29 is 39.2 Å². The SMILES string of the molecule is NC(=O)C1=C(O)C2(O)C(=O)C3=C(O)c4c(O)ccc(-c5ccc(F)cc5)c4CC3CC2CC1=O. The lowest BCUT2D eigenvalue weighted by molar-refractivity contribution is -0.147. The number of hydrogen-bond acceptors (Lipinski definition) is 7. The number of carbonyl (C=O) groups excluding carboxylic acids is 3. The molecule has 0 aromatic heterocycles. The van der Waals surface area contributed by atoms with Gasteiger partial charge in [-0.25, -0.2) is 4.39 Å². The fraction of sp³-hybridized carbons (Fsp3) is 0.240. The molecule has 3 unspecified atom stereocenters. The number of amides is 1. The normalized spacial score (nSPS) is 26.2. The summed E-state index contributed by atoms with van der Waals surface area (Å²) in [6, 6.07) is 8.62. The highest BCUT2D eigenvalue weighted by atomic mass is 19.1. The van der Waals surface area contributed by atoms with Gasteiger partial charge in [0, 0.05) is 17.9 Å². The average molecular weight is 465 g/mol. The molecule has 0 spiro atoms. The van der Waals surface area contributed by atoms with Crippen LogP contribution in [0.4, 0.5) is 4.39 Å². The fourth-order valence-electron chi connectivity index (χ4n) is 5.52. The van der Waals surface area contributed by atoms with Gasteiger partial charge in [0.25, 0.3) is 5.91 Å². The molecule has 3 aliphatic carbocycles. The Hall–Kier alpha value is -3.98. The Bertz CT molecular complexity index is 1360. The number of primary amides is 1. The van der Waals surface area contributed by atoms with Crippen LogP contribution in [0.25, 0.3) is 16.9 Å². The predicted octanol–water partition coefficient (Wildman–Crippen LogP) is 2.23. The summed E-state index contributed by atoms with van der Waals surface area (Å²) in [7, 11) is 0. The smallest absolute Gasteiger partial charge is 0.255 e. The summed E-state index contributed by atoms with van der Waals surface area (Å²) >= 11 is 0. The molecule has 0 aliphatic heterocycles. The predicted molar refractivity (Wildman–Crippen MR) is 117 cm³/mol. The van der Waals surface area contributed by atoms with Gasteiger partial charge in [-0.3, -0.25) is 14.4 Å². The summed E-state index contributed by atoms with van der Waals surface area (Å²) in [6.45, 7) is 0. The molecule has 8 nitrogen and oxygen atoms in total. The molecule has 34 heavy (non-hydrogen) atoms. The second kappa shape index (κ2) is 7.26. The summed E-state index contributed by atoms with van der Waals surface area (Å²) in [5, 5.41) is 43.5. The number of rotatable bonds is 2. The van der Waals surface area contributed by atoms with Gasteiger partial charge in [0.15, 0.2) is 11.4 Å². The largest absolute Gasteiger partial charge is 0.508 e. The number of Topliss-reactive ketones (excluding diaryl/α,β-unsaturated/α-hetero) is 2. The number of benzene rings is 2. The van der Waals surface area contributed by atoms with Crippen molar-refractivity contribution >= 4 is 23.2 Å². The molecule has 3 aliphatic rings. The van der Waals surface area contributed by atoms with E-state index in [0.29, 0.717) is 16.7 Å². The maximum Gasteiger partial charge on any atom is 0.255 e. The second-order valence-corrected chi connectivity index (χ2v) is 8.90. The van der Waals surface area contributed by atoms with E-state index in [0.717, 1.165) is 0 Å². The van der Waals surface area contributed by atoms with Crippen molar-refractivity contribution in [3.05, 3.63) is 70.2 Å².